The van der Waals surface area contributed by atoms with Gasteiger partial charge in [-0.1, -0.05) is 33.6 Å². The maximum atomic E-state index is 12.1. The van der Waals surface area contributed by atoms with Crippen molar-refractivity contribution in [2.24, 2.45) is 34.5 Å². The quantitative estimate of drug-likeness (QED) is 0.532. The Labute approximate surface area is 177 Å². The highest BCUT2D eigenvalue weighted by molar-refractivity contribution is 6.45. The standard InChI is InChI=1S/C25H39BO3/c1-4-5-14-26-28-16-23(29-26)22-9-8-20-19-7-6-17-15-18(27)10-12-24(17,2)21(19)11-13-25(20,22)3/h17,19-21H,4-16H2,1-3H3/b23-22+. The molecule has 4 heteroatoms. The number of Topliss-reactive ketones (excluding diaryl/α,β-unsaturated/α-hetero) is 1. The summed E-state index contributed by atoms with van der Waals surface area (Å²) in [6, 6.07) is 0. The molecular weight excluding hydrogens is 359 g/mol. The fourth-order valence-corrected chi connectivity index (χ4v) is 8.38. The summed E-state index contributed by atoms with van der Waals surface area (Å²) in [6.45, 7) is 8.02. The van der Waals surface area contributed by atoms with Gasteiger partial charge < -0.3 is 9.31 Å². The monoisotopic (exact) mass is 398 g/mol. The van der Waals surface area contributed by atoms with E-state index in [1.54, 1.807) is 5.57 Å². The molecule has 0 aromatic carbocycles. The fraction of sp³-hybridized carbons (Fsp3) is 0.880. The minimum Gasteiger partial charge on any atom is -0.537 e. The molecule has 4 saturated carbocycles. The van der Waals surface area contributed by atoms with Crippen LogP contribution >= 0.6 is 0 Å². The largest absolute Gasteiger partial charge is 0.537 e. The number of hydrogen-bond acceptors (Lipinski definition) is 3. The van der Waals surface area contributed by atoms with Gasteiger partial charge in [0.25, 0.3) is 0 Å². The first-order chi connectivity index (χ1) is 14.0. The lowest BCUT2D eigenvalue weighted by molar-refractivity contribution is -0.136. The number of allylic oxidation sites excluding steroid dienone is 1. The van der Waals surface area contributed by atoms with Gasteiger partial charge in [-0.2, -0.15) is 0 Å². The minimum atomic E-state index is -0.00874. The van der Waals surface area contributed by atoms with Crippen LogP contribution in [0, 0.1) is 34.5 Å². The summed E-state index contributed by atoms with van der Waals surface area (Å²) in [6.07, 6.45) is 14.1. The van der Waals surface area contributed by atoms with E-state index in [1.807, 2.05) is 0 Å². The highest BCUT2D eigenvalue weighted by Gasteiger charge is 2.59. The summed E-state index contributed by atoms with van der Waals surface area (Å²) < 4.78 is 12.3. The molecule has 0 amide bonds. The van der Waals surface area contributed by atoms with Gasteiger partial charge in [0.15, 0.2) is 0 Å². The Kier molecular flexibility index (Phi) is 5.16. The van der Waals surface area contributed by atoms with Gasteiger partial charge >= 0.3 is 7.12 Å². The predicted octanol–water partition coefficient (Wildman–Crippen LogP) is 6.19. The van der Waals surface area contributed by atoms with E-state index in [0.717, 1.165) is 43.3 Å². The van der Waals surface area contributed by atoms with Crippen molar-refractivity contribution in [2.75, 3.05) is 6.61 Å². The SMILES string of the molecule is CCCCB1OC/C(=C2/CCC3C4CCC5CC(=O)CCC5(C)C4CCC23C)O1. The number of fused-ring (bicyclic) bond motifs is 5. The van der Waals surface area contributed by atoms with Gasteiger partial charge in [0.2, 0.25) is 0 Å². The molecule has 3 nitrogen and oxygen atoms in total. The summed E-state index contributed by atoms with van der Waals surface area (Å²) in [4.78, 5) is 12.1. The summed E-state index contributed by atoms with van der Waals surface area (Å²) in [5.41, 5.74) is 2.32. The third-order valence-corrected chi connectivity index (χ3v) is 10.1. The number of unbranched alkanes of at least 4 members (excludes halogenated alkanes) is 1. The fourth-order valence-electron chi connectivity index (χ4n) is 8.38. The van der Waals surface area contributed by atoms with E-state index in [1.165, 1.54) is 57.1 Å². The number of rotatable bonds is 3. The van der Waals surface area contributed by atoms with Crippen molar-refractivity contribution in [3.05, 3.63) is 11.3 Å². The molecule has 0 spiro atoms. The molecule has 5 rings (SSSR count). The summed E-state index contributed by atoms with van der Waals surface area (Å²) in [7, 11) is -0.00874. The van der Waals surface area contributed by atoms with Crippen LogP contribution in [0.15, 0.2) is 11.3 Å². The van der Waals surface area contributed by atoms with Crippen LogP contribution in [-0.4, -0.2) is 19.5 Å². The number of carbonyl (C=O) groups is 1. The van der Waals surface area contributed by atoms with Gasteiger partial charge in [-0.3, -0.25) is 4.79 Å². The Balaban J connectivity index is 1.36. The number of hydrogen-bond donors (Lipinski definition) is 0. The molecule has 1 aliphatic heterocycles. The second-order valence-corrected chi connectivity index (χ2v) is 11.3. The first-order valence-electron chi connectivity index (χ1n) is 12.5. The first-order valence-corrected chi connectivity index (χ1v) is 12.5. The van der Waals surface area contributed by atoms with Gasteiger partial charge in [-0.15, -0.1) is 0 Å². The highest BCUT2D eigenvalue weighted by atomic mass is 16.6. The Hall–Kier alpha value is -0.765. The topological polar surface area (TPSA) is 35.5 Å². The second kappa shape index (κ2) is 7.43. The average Bonchev–Trinajstić information content (AvgIpc) is 3.30. The number of ketones is 1. The highest BCUT2D eigenvalue weighted by Crippen LogP contribution is 2.67. The lowest BCUT2D eigenvalue weighted by atomic mass is 9.45. The van der Waals surface area contributed by atoms with Crippen molar-refractivity contribution in [2.45, 2.75) is 97.7 Å². The Morgan fingerprint density at radius 1 is 1.07 bits per heavy atom. The third kappa shape index (κ3) is 3.15. The van der Waals surface area contributed by atoms with Gasteiger partial charge in [0.05, 0.1) is 6.61 Å². The second-order valence-electron chi connectivity index (χ2n) is 11.3. The molecule has 0 radical (unpaired) electrons. The Morgan fingerprint density at radius 3 is 2.76 bits per heavy atom. The van der Waals surface area contributed by atoms with Gasteiger partial charge in [0.1, 0.15) is 11.5 Å². The molecule has 0 aromatic heterocycles. The van der Waals surface area contributed by atoms with Gasteiger partial charge in [-0.25, -0.2) is 0 Å². The van der Waals surface area contributed by atoms with Crippen LogP contribution in [0.3, 0.4) is 0 Å². The van der Waals surface area contributed by atoms with E-state index in [4.69, 9.17) is 9.31 Å². The summed E-state index contributed by atoms with van der Waals surface area (Å²) in [5.74, 6) is 4.85. The average molecular weight is 398 g/mol. The molecule has 6 unspecified atom stereocenters. The zero-order chi connectivity index (χ0) is 20.2. The maximum Gasteiger partial charge on any atom is 0.525 e. The van der Waals surface area contributed by atoms with Crippen LogP contribution in [0.1, 0.15) is 91.4 Å². The zero-order valence-electron chi connectivity index (χ0n) is 18.8. The molecular formula is C25H39BO3. The van der Waals surface area contributed by atoms with Crippen molar-refractivity contribution >= 4 is 12.9 Å². The number of carbonyl (C=O) groups excluding carboxylic acids is 1. The van der Waals surface area contributed by atoms with E-state index in [2.05, 4.69) is 20.8 Å². The molecule has 4 aliphatic carbocycles. The molecule has 29 heavy (non-hydrogen) atoms. The van der Waals surface area contributed by atoms with Crippen LogP contribution in [0.25, 0.3) is 0 Å². The van der Waals surface area contributed by atoms with Crippen molar-refractivity contribution in [1.29, 1.82) is 0 Å². The summed E-state index contributed by atoms with van der Waals surface area (Å²) >= 11 is 0. The molecule has 0 bridgehead atoms. The van der Waals surface area contributed by atoms with Crippen molar-refractivity contribution < 1.29 is 14.1 Å². The molecule has 5 fully saturated rings. The molecule has 1 heterocycles. The third-order valence-electron chi connectivity index (χ3n) is 10.1. The van der Waals surface area contributed by atoms with Crippen LogP contribution in [0.2, 0.25) is 6.32 Å². The van der Waals surface area contributed by atoms with Crippen molar-refractivity contribution in [3.63, 3.8) is 0 Å². The van der Waals surface area contributed by atoms with Crippen molar-refractivity contribution in [3.8, 4) is 0 Å². The van der Waals surface area contributed by atoms with Crippen LogP contribution in [-0.2, 0) is 14.1 Å². The van der Waals surface area contributed by atoms with Crippen LogP contribution in [0.5, 0.6) is 0 Å². The van der Waals surface area contributed by atoms with E-state index in [9.17, 15) is 4.79 Å². The predicted molar refractivity (Wildman–Crippen MR) is 116 cm³/mol. The van der Waals surface area contributed by atoms with Crippen LogP contribution in [0.4, 0.5) is 0 Å². The molecule has 5 aliphatic rings. The van der Waals surface area contributed by atoms with Crippen LogP contribution < -0.4 is 0 Å². The van der Waals surface area contributed by atoms with Gasteiger partial charge in [-0.05, 0) is 91.3 Å². The molecule has 0 N–H and O–H groups in total. The lowest BCUT2D eigenvalue weighted by Crippen LogP contribution is -2.53. The maximum absolute atomic E-state index is 12.1. The van der Waals surface area contributed by atoms with E-state index in [-0.39, 0.29) is 7.12 Å². The van der Waals surface area contributed by atoms with Crippen molar-refractivity contribution in [1.82, 2.24) is 0 Å². The molecule has 6 atom stereocenters. The van der Waals surface area contributed by atoms with E-state index in [0.29, 0.717) is 29.1 Å². The van der Waals surface area contributed by atoms with E-state index < -0.39 is 0 Å². The Bertz CT molecular complexity index is 702. The van der Waals surface area contributed by atoms with Gasteiger partial charge in [0, 0.05) is 12.8 Å². The molecule has 160 valence electrons. The molecule has 0 aromatic rings. The lowest BCUT2D eigenvalue weighted by Gasteiger charge is -2.59. The molecule has 1 saturated heterocycles. The van der Waals surface area contributed by atoms with E-state index >= 15 is 0 Å². The summed E-state index contributed by atoms with van der Waals surface area (Å²) in [5, 5.41) is 0. The zero-order valence-corrected chi connectivity index (χ0v) is 18.8. The first kappa shape index (κ1) is 20.2. The normalized spacial score (nSPS) is 46.9. The Morgan fingerprint density at radius 2 is 1.93 bits per heavy atom. The smallest absolute Gasteiger partial charge is 0.525 e. The minimum absolute atomic E-state index is 0.00874.